The Hall–Kier alpha value is -1.12. The molecule has 0 rings (SSSR count). The number of carboxylic acid groups (broad SMARTS) is 1. The van der Waals surface area contributed by atoms with Crippen molar-refractivity contribution in [3.05, 3.63) is 12.2 Å². The van der Waals surface area contributed by atoms with Gasteiger partial charge in [-0.25, -0.2) is 0 Å². The zero-order valence-electron chi connectivity index (χ0n) is 6.92. The van der Waals surface area contributed by atoms with Crippen LogP contribution < -0.4 is 0 Å². The molecule has 0 fully saturated rings. The van der Waals surface area contributed by atoms with E-state index < -0.39 is 11.4 Å². The molecule has 1 N–H and O–H groups in total. The molecule has 0 aliphatic heterocycles. The molecule has 0 heterocycles. The van der Waals surface area contributed by atoms with Gasteiger partial charge in [0.1, 0.15) is 0 Å². The molecule has 11 heavy (non-hydrogen) atoms. The van der Waals surface area contributed by atoms with Crippen LogP contribution in [0.15, 0.2) is 12.2 Å². The summed E-state index contributed by atoms with van der Waals surface area (Å²) >= 11 is 0. The van der Waals surface area contributed by atoms with Crippen molar-refractivity contribution >= 4 is 11.8 Å². The number of hydrogen-bond acceptors (Lipinski definition) is 2. The molecule has 62 valence electrons. The summed E-state index contributed by atoms with van der Waals surface area (Å²) in [5.74, 6) is -1.07. The van der Waals surface area contributed by atoms with E-state index in [4.69, 9.17) is 5.11 Å². The SMILES string of the molecule is CC(=O)/C=C/C(C)(C)C(=O)O. The van der Waals surface area contributed by atoms with Gasteiger partial charge >= 0.3 is 5.97 Å². The fourth-order valence-corrected chi connectivity index (χ4v) is 0.397. The van der Waals surface area contributed by atoms with E-state index in [1.165, 1.54) is 32.9 Å². The van der Waals surface area contributed by atoms with Gasteiger partial charge in [0.05, 0.1) is 5.41 Å². The lowest BCUT2D eigenvalue weighted by Crippen LogP contribution is -2.20. The average Bonchev–Trinajstić information content (AvgIpc) is 1.84. The average molecular weight is 156 g/mol. The predicted octanol–water partition coefficient (Wildman–Crippen LogP) is 1.24. The van der Waals surface area contributed by atoms with Crippen molar-refractivity contribution in [1.29, 1.82) is 0 Å². The Morgan fingerprint density at radius 3 is 2.09 bits per heavy atom. The molecule has 0 saturated heterocycles. The molecule has 0 unspecified atom stereocenters. The van der Waals surface area contributed by atoms with Gasteiger partial charge in [0, 0.05) is 0 Å². The summed E-state index contributed by atoms with van der Waals surface area (Å²) in [6.45, 7) is 4.46. The second kappa shape index (κ2) is 3.32. The Morgan fingerprint density at radius 2 is 1.82 bits per heavy atom. The molecule has 0 bridgehead atoms. The van der Waals surface area contributed by atoms with Crippen molar-refractivity contribution < 1.29 is 14.7 Å². The van der Waals surface area contributed by atoms with Crippen LogP contribution in [0.1, 0.15) is 20.8 Å². The molecule has 0 radical (unpaired) electrons. The van der Waals surface area contributed by atoms with Crippen molar-refractivity contribution in [1.82, 2.24) is 0 Å². The Morgan fingerprint density at radius 1 is 1.36 bits per heavy atom. The first-order chi connectivity index (χ1) is 4.86. The lowest BCUT2D eigenvalue weighted by Gasteiger charge is -2.12. The molecule has 0 aromatic carbocycles. The maximum Gasteiger partial charge on any atom is 0.312 e. The molecule has 0 saturated carbocycles. The van der Waals surface area contributed by atoms with Gasteiger partial charge in [-0.3, -0.25) is 9.59 Å². The van der Waals surface area contributed by atoms with E-state index in [-0.39, 0.29) is 5.78 Å². The van der Waals surface area contributed by atoms with Gasteiger partial charge in [-0.05, 0) is 26.8 Å². The van der Waals surface area contributed by atoms with E-state index in [0.29, 0.717) is 0 Å². The standard InChI is InChI=1S/C8H12O3/c1-6(9)4-5-8(2,3)7(10)11/h4-5H,1-3H3,(H,10,11)/b5-4+. The first kappa shape index (κ1) is 9.88. The third-order valence-electron chi connectivity index (χ3n) is 1.29. The van der Waals surface area contributed by atoms with Crippen LogP contribution in [0.5, 0.6) is 0 Å². The zero-order chi connectivity index (χ0) is 9.07. The minimum Gasteiger partial charge on any atom is -0.481 e. The van der Waals surface area contributed by atoms with E-state index >= 15 is 0 Å². The van der Waals surface area contributed by atoms with Crippen LogP contribution >= 0.6 is 0 Å². The Bertz CT molecular complexity index is 201. The summed E-state index contributed by atoms with van der Waals surface area (Å²) in [6.07, 6.45) is 2.66. The number of carbonyl (C=O) groups excluding carboxylic acids is 1. The predicted molar refractivity (Wildman–Crippen MR) is 41.2 cm³/mol. The van der Waals surface area contributed by atoms with Gasteiger partial charge < -0.3 is 5.11 Å². The number of hydrogen-bond donors (Lipinski definition) is 1. The minimum atomic E-state index is -0.953. The van der Waals surface area contributed by atoms with Gasteiger partial charge in [0.25, 0.3) is 0 Å². The monoisotopic (exact) mass is 156 g/mol. The lowest BCUT2D eigenvalue weighted by atomic mass is 9.93. The summed E-state index contributed by atoms with van der Waals surface area (Å²) in [7, 11) is 0. The third-order valence-corrected chi connectivity index (χ3v) is 1.29. The van der Waals surface area contributed by atoms with Gasteiger partial charge in [-0.15, -0.1) is 0 Å². The number of allylic oxidation sites excluding steroid dienone is 1. The molecule has 0 aliphatic rings. The maximum absolute atomic E-state index is 10.5. The number of ketones is 1. The van der Waals surface area contributed by atoms with Crippen molar-refractivity contribution in [2.24, 2.45) is 5.41 Å². The van der Waals surface area contributed by atoms with Crippen molar-refractivity contribution in [3.8, 4) is 0 Å². The number of aliphatic carboxylic acids is 1. The third kappa shape index (κ3) is 3.55. The lowest BCUT2D eigenvalue weighted by molar-refractivity contribution is -0.144. The molecular weight excluding hydrogens is 144 g/mol. The summed E-state index contributed by atoms with van der Waals surface area (Å²) in [4.78, 5) is 20.9. The topological polar surface area (TPSA) is 54.4 Å². The van der Waals surface area contributed by atoms with E-state index in [0.717, 1.165) is 0 Å². The highest BCUT2D eigenvalue weighted by Gasteiger charge is 2.23. The fraction of sp³-hybridized carbons (Fsp3) is 0.500. The molecule has 0 spiro atoms. The quantitative estimate of drug-likeness (QED) is 0.625. The van der Waals surface area contributed by atoms with E-state index in [1.807, 2.05) is 0 Å². The van der Waals surface area contributed by atoms with Crippen LogP contribution in [0.25, 0.3) is 0 Å². The second-order valence-corrected chi connectivity index (χ2v) is 2.97. The van der Waals surface area contributed by atoms with E-state index in [2.05, 4.69) is 0 Å². The molecular formula is C8H12O3. The van der Waals surface area contributed by atoms with Crippen molar-refractivity contribution in [2.75, 3.05) is 0 Å². The molecule has 0 amide bonds. The van der Waals surface area contributed by atoms with Crippen LogP contribution in [-0.2, 0) is 9.59 Å². The summed E-state index contributed by atoms with van der Waals surface area (Å²) in [6, 6.07) is 0. The fourth-order valence-electron chi connectivity index (χ4n) is 0.397. The van der Waals surface area contributed by atoms with Gasteiger partial charge in [0.2, 0.25) is 0 Å². The second-order valence-electron chi connectivity index (χ2n) is 2.97. The summed E-state index contributed by atoms with van der Waals surface area (Å²) in [5.41, 5.74) is -0.953. The maximum atomic E-state index is 10.5. The van der Waals surface area contributed by atoms with Gasteiger partial charge in [-0.2, -0.15) is 0 Å². The Kier molecular flexibility index (Phi) is 2.99. The Balaban J connectivity index is 4.35. The van der Waals surface area contributed by atoms with Crippen LogP contribution in [-0.4, -0.2) is 16.9 Å². The Labute approximate surface area is 65.7 Å². The number of rotatable bonds is 3. The van der Waals surface area contributed by atoms with Gasteiger partial charge in [-0.1, -0.05) is 6.08 Å². The van der Waals surface area contributed by atoms with E-state index in [1.54, 1.807) is 0 Å². The van der Waals surface area contributed by atoms with Crippen LogP contribution in [0, 0.1) is 5.41 Å². The first-order valence-corrected chi connectivity index (χ1v) is 3.29. The molecule has 0 aromatic heterocycles. The number of carboxylic acids is 1. The first-order valence-electron chi connectivity index (χ1n) is 3.29. The smallest absolute Gasteiger partial charge is 0.312 e. The highest BCUT2D eigenvalue weighted by molar-refractivity contribution is 5.88. The molecule has 0 atom stereocenters. The van der Waals surface area contributed by atoms with Gasteiger partial charge in [0.15, 0.2) is 5.78 Å². The highest BCUT2D eigenvalue weighted by Crippen LogP contribution is 2.16. The largest absolute Gasteiger partial charge is 0.481 e. The van der Waals surface area contributed by atoms with E-state index in [9.17, 15) is 9.59 Å². The molecule has 0 aromatic rings. The molecule has 0 aliphatic carbocycles. The van der Waals surface area contributed by atoms with Crippen molar-refractivity contribution in [2.45, 2.75) is 20.8 Å². The van der Waals surface area contributed by atoms with Crippen LogP contribution in [0.4, 0.5) is 0 Å². The minimum absolute atomic E-state index is 0.140. The molecule has 3 heteroatoms. The summed E-state index contributed by atoms with van der Waals surface area (Å²) in [5, 5.41) is 8.59. The highest BCUT2D eigenvalue weighted by atomic mass is 16.4. The molecule has 3 nitrogen and oxygen atoms in total. The zero-order valence-corrected chi connectivity index (χ0v) is 6.92. The number of carbonyl (C=O) groups is 2. The van der Waals surface area contributed by atoms with Crippen molar-refractivity contribution in [3.63, 3.8) is 0 Å². The van der Waals surface area contributed by atoms with Crippen LogP contribution in [0.2, 0.25) is 0 Å². The summed E-state index contributed by atoms with van der Waals surface area (Å²) < 4.78 is 0. The van der Waals surface area contributed by atoms with Crippen LogP contribution in [0.3, 0.4) is 0 Å². The normalized spacial score (nSPS) is 11.9.